The summed E-state index contributed by atoms with van der Waals surface area (Å²) >= 11 is 0. The first-order chi connectivity index (χ1) is 32.0. The average Bonchev–Trinajstić information content (AvgIpc) is 4.16. The molecule has 2 aromatic carbocycles. The van der Waals surface area contributed by atoms with Gasteiger partial charge in [-0.3, -0.25) is 38.9 Å². The Hall–Kier alpha value is -6.60. The number of halogens is 2. The molecule has 344 valence electrons. The van der Waals surface area contributed by atoms with E-state index in [1.54, 1.807) is 29.1 Å². The van der Waals surface area contributed by atoms with Gasteiger partial charge in [0.05, 0.1) is 47.8 Å². The summed E-state index contributed by atoms with van der Waals surface area (Å²) in [6.45, 7) is 3.64. The van der Waals surface area contributed by atoms with E-state index >= 15 is 0 Å². The van der Waals surface area contributed by atoms with Gasteiger partial charge in [-0.05, 0) is 93.7 Å². The Morgan fingerprint density at radius 2 is 1.77 bits per heavy atom. The molecule has 5 aromatic rings. The van der Waals surface area contributed by atoms with Crippen LogP contribution in [0.25, 0.3) is 5.65 Å². The van der Waals surface area contributed by atoms with Gasteiger partial charge in [0, 0.05) is 50.7 Å². The Morgan fingerprint density at radius 3 is 2.53 bits per heavy atom. The number of morpholine rings is 1. The summed E-state index contributed by atoms with van der Waals surface area (Å²) in [4.78, 5) is 74.7. The second kappa shape index (κ2) is 18.0. The van der Waals surface area contributed by atoms with E-state index < -0.39 is 47.7 Å². The normalized spacial score (nSPS) is 22.8. The van der Waals surface area contributed by atoms with Gasteiger partial charge in [0.25, 0.3) is 24.1 Å². The zero-order valence-corrected chi connectivity index (χ0v) is 36.5. The third-order valence-corrected chi connectivity index (χ3v) is 13.7. The highest BCUT2D eigenvalue weighted by Gasteiger charge is 2.46. The molecule has 3 saturated heterocycles. The fourth-order valence-corrected chi connectivity index (χ4v) is 10.3. The number of anilines is 3. The highest BCUT2D eigenvalue weighted by atomic mass is 19.3. The number of fused-ring (bicyclic) bond motifs is 4. The number of piperidine rings is 1. The maximum atomic E-state index is 14.3. The predicted molar refractivity (Wildman–Crippen MR) is 238 cm³/mol. The first kappa shape index (κ1) is 43.3. The minimum absolute atomic E-state index is 0.0182. The summed E-state index contributed by atoms with van der Waals surface area (Å²) < 4.78 is 37.5. The van der Waals surface area contributed by atoms with Crippen molar-refractivity contribution in [3.63, 3.8) is 0 Å². The monoisotopic (exact) mass is 903 g/mol. The smallest absolute Gasteiger partial charge is 0.284 e. The third kappa shape index (κ3) is 8.52. The molecule has 0 radical (unpaired) electrons. The molecule has 4 fully saturated rings. The Morgan fingerprint density at radius 1 is 0.970 bits per heavy atom. The summed E-state index contributed by atoms with van der Waals surface area (Å²) in [7, 11) is 2.12. The number of imide groups is 2. The van der Waals surface area contributed by atoms with Crippen molar-refractivity contribution < 1.29 is 37.5 Å². The molecule has 3 N–H and O–H groups in total. The predicted octanol–water partition coefficient (Wildman–Crippen LogP) is 5.05. The Labute approximate surface area is 378 Å². The Kier molecular flexibility index (Phi) is 11.8. The van der Waals surface area contributed by atoms with Crippen molar-refractivity contribution in [2.45, 2.75) is 88.4 Å². The lowest BCUT2D eigenvalue weighted by molar-refractivity contribution is -0.136. The van der Waals surface area contributed by atoms with E-state index in [1.165, 1.54) is 22.5 Å². The fraction of sp³-hybridized carbons (Fsp3) is 0.447. The molecule has 17 nitrogen and oxygen atoms in total. The van der Waals surface area contributed by atoms with E-state index in [0.717, 1.165) is 74.4 Å². The topological polar surface area (TPSA) is 188 Å². The van der Waals surface area contributed by atoms with E-state index in [9.17, 15) is 32.8 Å². The molecule has 3 atom stereocenters. The van der Waals surface area contributed by atoms with E-state index in [0.29, 0.717) is 36.8 Å². The quantitative estimate of drug-likeness (QED) is 0.119. The van der Waals surface area contributed by atoms with Crippen LogP contribution in [-0.4, -0.2) is 122 Å². The lowest BCUT2D eigenvalue weighted by Gasteiger charge is -2.31. The van der Waals surface area contributed by atoms with Gasteiger partial charge in [-0.2, -0.15) is 10.2 Å². The number of alkyl halides is 2. The summed E-state index contributed by atoms with van der Waals surface area (Å²) in [5, 5.41) is 16.8. The second-order valence-corrected chi connectivity index (χ2v) is 18.1. The molecule has 1 unspecified atom stereocenters. The SMILES string of the molecule is CN(CCc1cccc(CCNc2cccc3c2C(=O)N(C2CCC(=O)NC2=O)C3=O)c1)CC1CCC(n2cc(NC(=O)c3cnn4ccc(N5C[C@H]6C[C@@H]5CO6)nc34)c(C(F)F)n2)CC1. The van der Waals surface area contributed by atoms with E-state index in [1.807, 2.05) is 12.1 Å². The fourth-order valence-electron chi connectivity index (χ4n) is 10.3. The maximum absolute atomic E-state index is 14.3. The molecule has 5 aliphatic rings. The first-order valence-corrected chi connectivity index (χ1v) is 22.7. The van der Waals surface area contributed by atoms with Crippen LogP contribution >= 0.6 is 0 Å². The molecule has 66 heavy (non-hydrogen) atoms. The minimum Gasteiger partial charge on any atom is -0.384 e. The van der Waals surface area contributed by atoms with E-state index in [-0.39, 0.29) is 53.4 Å². The lowest BCUT2D eigenvalue weighted by Crippen LogP contribution is -2.54. The van der Waals surface area contributed by atoms with Crippen molar-refractivity contribution >= 4 is 52.4 Å². The molecule has 4 aliphatic heterocycles. The van der Waals surface area contributed by atoms with E-state index in [2.05, 4.69) is 61.2 Å². The van der Waals surface area contributed by atoms with Crippen molar-refractivity contribution in [1.82, 2.24) is 39.5 Å². The van der Waals surface area contributed by atoms with Crippen molar-refractivity contribution in [1.29, 1.82) is 0 Å². The average molecular weight is 904 g/mol. The third-order valence-electron chi connectivity index (χ3n) is 13.7. The van der Waals surface area contributed by atoms with Crippen LogP contribution in [0.4, 0.5) is 26.0 Å². The van der Waals surface area contributed by atoms with Crippen molar-refractivity contribution in [2.24, 2.45) is 5.92 Å². The van der Waals surface area contributed by atoms with Gasteiger partial charge in [0.1, 0.15) is 17.4 Å². The summed E-state index contributed by atoms with van der Waals surface area (Å²) in [6, 6.07) is 14.4. The molecule has 1 saturated carbocycles. The van der Waals surface area contributed by atoms with Crippen LogP contribution in [0.1, 0.15) is 105 Å². The largest absolute Gasteiger partial charge is 0.384 e. The number of hydrogen-bond acceptors (Lipinski definition) is 12. The van der Waals surface area contributed by atoms with Gasteiger partial charge in [-0.25, -0.2) is 18.3 Å². The van der Waals surface area contributed by atoms with Crippen molar-refractivity contribution in [2.75, 3.05) is 55.4 Å². The van der Waals surface area contributed by atoms with Crippen LogP contribution in [-0.2, 0) is 27.2 Å². The van der Waals surface area contributed by atoms with Gasteiger partial charge in [0.2, 0.25) is 11.8 Å². The molecular weight excluding hydrogens is 853 g/mol. The number of benzene rings is 2. The van der Waals surface area contributed by atoms with Crippen LogP contribution in [0.3, 0.4) is 0 Å². The van der Waals surface area contributed by atoms with Gasteiger partial charge >= 0.3 is 0 Å². The molecule has 5 amide bonds. The molecule has 19 heteroatoms. The number of ether oxygens (including phenoxy) is 1. The lowest BCUT2D eigenvalue weighted by atomic mass is 9.86. The minimum atomic E-state index is -2.87. The molecule has 7 heterocycles. The number of rotatable bonds is 15. The number of amides is 5. The van der Waals surface area contributed by atoms with Crippen LogP contribution in [0, 0.1) is 5.92 Å². The number of nitrogens with one attached hydrogen (secondary N) is 3. The number of likely N-dealkylation sites (N-methyl/N-ethyl adjacent to an activating group) is 1. The molecule has 2 bridgehead atoms. The number of carbonyl (C=O) groups excluding carboxylic acids is 5. The Balaban J connectivity index is 0.692. The highest BCUT2D eigenvalue weighted by Crippen LogP contribution is 2.37. The van der Waals surface area contributed by atoms with Crippen LogP contribution in [0.5, 0.6) is 0 Å². The molecular formula is C47H51F2N11O6. The molecule has 0 spiro atoms. The summed E-state index contributed by atoms with van der Waals surface area (Å²) in [6.07, 6.45) is 8.01. The second-order valence-electron chi connectivity index (χ2n) is 18.1. The highest BCUT2D eigenvalue weighted by molar-refractivity contribution is 6.25. The Bertz CT molecular complexity index is 2710. The number of carbonyl (C=O) groups is 5. The van der Waals surface area contributed by atoms with Gasteiger partial charge in [0.15, 0.2) is 11.3 Å². The molecule has 3 aromatic heterocycles. The molecule has 10 rings (SSSR count). The zero-order valence-electron chi connectivity index (χ0n) is 36.5. The van der Waals surface area contributed by atoms with Crippen LogP contribution < -0.4 is 20.9 Å². The molecule has 1 aliphatic carbocycles. The van der Waals surface area contributed by atoms with Gasteiger partial charge in [-0.1, -0.05) is 30.3 Å². The maximum Gasteiger partial charge on any atom is 0.284 e. The van der Waals surface area contributed by atoms with Crippen LogP contribution in [0.15, 0.2) is 67.1 Å². The summed E-state index contributed by atoms with van der Waals surface area (Å²) in [5.41, 5.74) is 3.38. The number of nitrogens with zero attached hydrogens (tertiary/aromatic N) is 8. The number of aromatic nitrogens is 5. The zero-order chi connectivity index (χ0) is 45.6. The van der Waals surface area contributed by atoms with E-state index in [4.69, 9.17) is 9.72 Å². The first-order valence-electron chi connectivity index (χ1n) is 22.7. The van der Waals surface area contributed by atoms with Crippen molar-refractivity contribution in [3.05, 3.63) is 101 Å². The number of hydrogen-bond donors (Lipinski definition) is 3. The van der Waals surface area contributed by atoms with Gasteiger partial charge < -0.3 is 25.2 Å². The van der Waals surface area contributed by atoms with Crippen LogP contribution in [0.2, 0.25) is 0 Å². The summed E-state index contributed by atoms with van der Waals surface area (Å²) in [5.74, 6) is -1.55. The van der Waals surface area contributed by atoms with Crippen molar-refractivity contribution in [3.8, 4) is 0 Å². The standard InChI is InChI=1S/C47H51F2N11O6/c1-56(18-15-28-5-2-4-27(20-28)14-17-50-35-7-3-6-33-40(35)47(65)60(46(33)64)37-12-13-39(61)54-45(37)63)23-29-8-10-30(11-9-29)59-25-36(41(55-59)42(48)49)52-44(62)34-22-51-58-19-16-38(53-43(34)58)57-24-32-21-31(57)26-66-32/h2-7,16,19-20,22,25,29-32,37,42,50H,8-15,17-18,21,23-24,26H2,1H3,(H,52,62)(H,54,61,63)/t29?,30?,31-,32-,37?/m1/s1. The van der Waals surface area contributed by atoms with Gasteiger partial charge in [-0.15, -0.1) is 0 Å².